The van der Waals surface area contributed by atoms with Crippen molar-refractivity contribution in [1.29, 1.82) is 0 Å². The second-order valence-corrected chi connectivity index (χ2v) is 4.69. The summed E-state index contributed by atoms with van der Waals surface area (Å²) in [4.78, 5) is 15.7. The molecule has 0 spiro atoms. The van der Waals surface area contributed by atoms with Crippen LogP contribution in [0.4, 0.5) is 0 Å². The number of carbonyl (C=O) groups excluding carboxylic acids is 1. The maximum atomic E-state index is 11.5. The number of carbonyl (C=O) groups is 1. The summed E-state index contributed by atoms with van der Waals surface area (Å²) < 4.78 is 6.78. The van der Waals surface area contributed by atoms with Crippen LogP contribution in [0.5, 0.6) is 0 Å². The molecular weight excluding hydrogens is 226 g/mol. The summed E-state index contributed by atoms with van der Waals surface area (Å²) in [6, 6.07) is 0. The van der Waals surface area contributed by atoms with Gasteiger partial charge >= 0.3 is 5.97 Å². The van der Waals surface area contributed by atoms with Crippen LogP contribution >= 0.6 is 11.8 Å². The van der Waals surface area contributed by atoms with Gasteiger partial charge in [0, 0.05) is 25.2 Å². The van der Waals surface area contributed by atoms with Crippen LogP contribution < -0.4 is 5.73 Å². The van der Waals surface area contributed by atoms with E-state index in [1.807, 2.05) is 17.8 Å². The average Bonchev–Trinajstić information content (AvgIpc) is 2.61. The fourth-order valence-electron chi connectivity index (χ4n) is 1.06. The molecule has 0 saturated heterocycles. The molecule has 16 heavy (non-hydrogen) atoms. The maximum Gasteiger partial charge on any atom is 0.326 e. The van der Waals surface area contributed by atoms with E-state index in [2.05, 4.69) is 4.98 Å². The van der Waals surface area contributed by atoms with Gasteiger partial charge in [0.1, 0.15) is 5.54 Å². The first kappa shape index (κ1) is 13.1. The van der Waals surface area contributed by atoms with Gasteiger partial charge in [-0.05, 0) is 13.8 Å². The number of esters is 1. The number of nitrogens with two attached hydrogens (primary N) is 1. The molecule has 0 amide bonds. The first-order valence-electron chi connectivity index (χ1n) is 5.03. The highest BCUT2D eigenvalue weighted by molar-refractivity contribution is 7.99. The van der Waals surface area contributed by atoms with Gasteiger partial charge in [0.25, 0.3) is 0 Å². The first-order valence-corrected chi connectivity index (χ1v) is 6.02. The second kappa shape index (κ2) is 5.36. The van der Waals surface area contributed by atoms with Crippen molar-refractivity contribution in [2.45, 2.75) is 24.5 Å². The minimum absolute atomic E-state index is 0.346. The number of aryl methyl sites for hydroxylation is 1. The third-order valence-corrected chi connectivity index (χ3v) is 3.42. The van der Waals surface area contributed by atoms with Crippen molar-refractivity contribution in [1.82, 2.24) is 9.55 Å². The molecule has 90 valence electrons. The number of imidazole rings is 1. The summed E-state index contributed by atoms with van der Waals surface area (Å²) >= 11 is 1.44. The summed E-state index contributed by atoms with van der Waals surface area (Å²) in [6.07, 6.45) is 3.56. The number of nitrogens with zero attached hydrogens (tertiary/aromatic N) is 2. The van der Waals surface area contributed by atoms with Gasteiger partial charge in [0.15, 0.2) is 5.16 Å². The Hall–Kier alpha value is -1.01. The van der Waals surface area contributed by atoms with Crippen molar-refractivity contribution in [3.8, 4) is 0 Å². The normalized spacial score (nSPS) is 14.5. The molecule has 0 bridgehead atoms. The molecule has 0 aliphatic carbocycles. The summed E-state index contributed by atoms with van der Waals surface area (Å²) in [5.74, 6) is 0.0631. The number of aromatic nitrogens is 2. The van der Waals surface area contributed by atoms with Gasteiger partial charge in [-0.15, -0.1) is 0 Å². The number of thioether (sulfide) groups is 1. The molecule has 1 rings (SSSR count). The van der Waals surface area contributed by atoms with Crippen LogP contribution in [-0.4, -0.2) is 33.4 Å². The number of rotatable bonds is 5. The molecule has 0 saturated carbocycles. The van der Waals surface area contributed by atoms with E-state index >= 15 is 0 Å². The van der Waals surface area contributed by atoms with Crippen LogP contribution in [0, 0.1) is 0 Å². The zero-order chi connectivity index (χ0) is 12.2. The summed E-state index contributed by atoms with van der Waals surface area (Å²) in [7, 11) is 1.90. The average molecular weight is 243 g/mol. The Morgan fingerprint density at radius 1 is 1.75 bits per heavy atom. The monoisotopic (exact) mass is 243 g/mol. The third-order valence-electron chi connectivity index (χ3n) is 2.02. The Labute approximate surface area is 99.4 Å². The zero-order valence-electron chi connectivity index (χ0n) is 9.77. The zero-order valence-corrected chi connectivity index (χ0v) is 10.6. The number of hydrogen-bond donors (Lipinski definition) is 1. The van der Waals surface area contributed by atoms with Gasteiger partial charge in [-0.1, -0.05) is 11.8 Å². The van der Waals surface area contributed by atoms with Gasteiger partial charge < -0.3 is 15.0 Å². The van der Waals surface area contributed by atoms with E-state index in [1.165, 1.54) is 11.8 Å². The lowest BCUT2D eigenvalue weighted by Crippen LogP contribution is -2.48. The lowest BCUT2D eigenvalue weighted by Gasteiger charge is -2.21. The van der Waals surface area contributed by atoms with Gasteiger partial charge in [0.05, 0.1) is 6.61 Å². The maximum absolute atomic E-state index is 11.5. The second-order valence-electron chi connectivity index (χ2n) is 3.75. The molecule has 1 unspecified atom stereocenters. The van der Waals surface area contributed by atoms with Crippen LogP contribution in [0.3, 0.4) is 0 Å². The molecule has 0 aromatic carbocycles. The predicted octanol–water partition coefficient (Wildman–Crippen LogP) is 0.793. The van der Waals surface area contributed by atoms with Crippen LogP contribution in [0.2, 0.25) is 0 Å². The van der Waals surface area contributed by atoms with E-state index in [4.69, 9.17) is 10.5 Å². The van der Waals surface area contributed by atoms with Crippen LogP contribution in [0.25, 0.3) is 0 Å². The molecule has 0 radical (unpaired) electrons. The van der Waals surface area contributed by atoms with Crippen molar-refractivity contribution >= 4 is 17.7 Å². The minimum atomic E-state index is -0.980. The topological polar surface area (TPSA) is 70.1 Å². The number of hydrogen-bond acceptors (Lipinski definition) is 5. The third kappa shape index (κ3) is 3.24. The Balaban J connectivity index is 2.54. The van der Waals surface area contributed by atoms with Gasteiger partial charge in [0.2, 0.25) is 0 Å². The Morgan fingerprint density at radius 2 is 2.44 bits per heavy atom. The van der Waals surface area contributed by atoms with E-state index in [-0.39, 0.29) is 5.97 Å². The fourth-order valence-corrected chi connectivity index (χ4v) is 2.01. The molecule has 1 heterocycles. The summed E-state index contributed by atoms with van der Waals surface area (Å²) in [6.45, 7) is 3.78. The quantitative estimate of drug-likeness (QED) is 0.611. The van der Waals surface area contributed by atoms with Crippen LogP contribution in [0.1, 0.15) is 13.8 Å². The van der Waals surface area contributed by atoms with Crippen LogP contribution in [0.15, 0.2) is 17.6 Å². The Bertz CT molecular complexity index is 363. The molecule has 6 heteroatoms. The van der Waals surface area contributed by atoms with Crippen LogP contribution in [-0.2, 0) is 16.6 Å². The van der Waals surface area contributed by atoms with E-state index in [9.17, 15) is 4.79 Å². The highest BCUT2D eigenvalue weighted by Gasteiger charge is 2.30. The standard InChI is InChI=1S/C10H17N3O2S/c1-4-15-8(14)10(2,11)7-16-9-12-5-6-13(9)3/h5-6H,4,7,11H2,1-3H3. The van der Waals surface area contributed by atoms with E-state index < -0.39 is 5.54 Å². The van der Waals surface area contributed by atoms with Gasteiger partial charge in [-0.25, -0.2) is 4.98 Å². The molecule has 5 nitrogen and oxygen atoms in total. The molecule has 0 fully saturated rings. The smallest absolute Gasteiger partial charge is 0.326 e. The molecule has 0 aliphatic heterocycles. The van der Waals surface area contributed by atoms with E-state index in [0.717, 1.165) is 5.16 Å². The molecular formula is C10H17N3O2S. The van der Waals surface area contributed by atoms with Gasteiger partial charge in [-0.2, -0.15) is 0 Å². The molecule has 2 N–H and O–H groups in total. The molecule has 0 aliphatic rings. The number of ether oxygens (including phenoxy) is 1. The largest absolute Gasteiger partial charge is 0.465 e. The minimum Gasteiger partial charge on any atom is -0.465 e. The van der Waals surface area contributed by atoms with E-state index in [1.54, 1.807) is 20.0 Å². The lowest BCUT2D eigenvalue weighted by atomic mass is 10.1. The predicted molar refractivity (Wildman–Crippen MR) is 63.2 cm³/mol. The SMILES string of the molecule is CCOC(=O)C(C)(N)CSc1nccn1C. The van der Waals surface area contributed by atoms with E-state index in [0.29, 0.717) is 12.4 Å². The summed E-state index contributed by atoms with van der Waals surface area (Å²) in [5, 5.41) is 0.834. The highest BCUT2D eigenvalue weighted by Crippen LogP contribution is 2.20. The van der Waals surface area contributed by atoms with Crippen molar-refractivity contribution in [3.63, 3.8) is 0 Å². The van der Waals surface area contributed by atoms with Gasteiger partial charge in [-0.3, -0.25) is 4.79 Å². The fraction of sp³-hybridized carbons (Fsp3) is 0.600. The Kier molecular flexibility index (Phi) is 4.37. The first-order chi connectivity index (χ1) is 7.47. The lowest BCUT2D eigenvalue weighted by molar-refractivity contribution is -0.148. The van der Waals surface area contributed by atoms with Crippen molar-refractivity contribution in [2.75, 3.05) is 12.4 Å². The highest BCUT2D eigenvalue weighted by atomic mass is 32.2. The van der Waals surface area contributed by atoms with Crippen molar-refractivity contribution in [2.24, 2.45) is 12.8 Å². The molecule has 1 aromatic heterocycles. The Morgan fingerprint density at radius 3 is 2.94 bits per heavy atom. The van der Waals surface area contributed by atoms with Crippen molar-refractivity contribution in [3.05, 3.63) is 12.4 Å². The molecule has 1 aromatic rings. The molecule has 1 atom stereocenters. The summed E-state index contributed by atoms with van der Waals surface area (Å²) in [5.41, 5.74) is 4.90. The van der Waals surface area contributed by atoms with Crippen molar-refractivity contribution < 1.29 is 9.53 Å².